The van der Waals surface area contributed by atoms with E-state index in [0.29, 0.717) is 18.2 Å². The van der Waals surface area contributed by atoms with Gasteiger partial charge in [0.1, 0.15) is 20.0 Å². The minimum absolute atomic E-state index is 0. The Hall–Kier alpha value is -1.02. The molecule has 0 aliphatic heterocycles. The van der Waals surface area contributed by atoms with Crippen molar-refractivity contribution in [1.82, 2.24) is 9.78 Å². The summed E-state index contributed by atoms with van der Waals surface area (Å²) in [5.74, 6) is -2.36. The summed E-state index contributed by atoms with van der Waals surface area (Å²) in [4.78, 5) is 13.2. The molecule has 0 radical (unpaired) electrons. The molecule has 0 aliphatic rings. The largest absolute Gasteiger partial charge is 1.00 e. The minimum atomic E-state index is -5.26. The first-order valence-electron chi connectivity index (χ1n) is 11.7. The van der Waals surface area contributed by atoms with Crippen LogP contribution in [0.25, 0.3) is 10.8 Å². The smallest absolute Gasteiger partial charge is 0.870 e. The van der Waals surface area contributed by atoms with Gasteiger partial charge in [0.2, 0.25) is 0 Å². The monoisotopic (exact) mass is 787 g/mol. The van der Waals surface area contributed by atoms with Crippen LogP contribution in [0.4, 0.5) is 17.1 Å². The van der Waals surface area contributed by atoms with Crippen LogP contribution in [-0.4, -0.2) is 54.6 Å². The van der Waals surface area contributed by atoms with Crippen molar-refractivity contribution in [3.63, 3.8) is 0 Å². The SMILES string of the molecule is O=c1c(Cl)c(Cl)cnn1CCC([O-])=Nc1cc(S(=O)(=O)O)cc2cc(S(=O)(=O)O)c(N=Nc3ccc(S(=O)(=O)[O-])cc3)c([O-])c12.[Na+].[Na+].[Na+]. The summed E-state index contributed by atoms with van der Waals surface area (Å²) in [5.41, 5.74) is -2.71. The fraction of sp³-hybridized carbons (Fsp3) is 0.0870. The Morgan fingerprint density at radius 1 is 0.896 bits per heavy atom. The molecule has 0 unspecified atom stereocenters. The summed E-state index contributed by atoms with van der Waals surface area (Å²) in [6.45, 7) is -0.392. The molecule has 4 aromatic rings. The van der Waals surface area contributed by atoms with Gasteiger partial charge < -0.3 is 14.8 Å². The van der Waals surface area contributed by atoms with Gasteiger partial charge in [-0.1, -0.05) is 29.0 Å². The topological polar surface area (TPSA) is 284 Å². The van der Waals surface area contributed by atoms with Crippen molar-refractivity contribution in [3.05, 3.63) is 69.1 Å². The van der Waals surface area contributed by atoms with E-state index in [9.17, 15) is 53.9 Å². The van der Waals surface area contributed by atoms with Crippen LogP contribution in [0, 0.1) is 0 Å². The zero-order chi connectivity index (χ0) is 33.5. The third-order valence-corrected chi connectivity index (χ3v) is 9.07. The van der Waals surface area contributed by atoms with Crippen LogP contribution in [0.15, 0.2) is 83.4 Å². The number of halogens is 2. The van der Waals surface area contributed by atoms with Crippen LogP contribution in [0.2, 0.25) is 10.0 Å². The van der Waals surface area contributed by atoms with E-state index in [2.05, 4.69) is 20.3 Å². The summed E-state index contributed by atoms with van der Waals surface area (Å²) < 4.78 is 102. The van der Waals surface area contributed by atoms with Gasteiger partial charge in [-0.15, -0.1) is 5.11 Å². The molecular formula is C23H14Cl2N5Na3O12S3. The summed E-state index contributed by atoms with van der Waals surface area (Å²) in [5, 5.41) is 35.6. The van der Waals surface area contributed by atoms with Crippen molar-refractivity contribution >= 4 is 87.3 Å². The van der Waals surface area contributed by atoms with Crippen molar-refractivity contribution in [3.8, 4) is 5.75 Å². The number of rotatable bonds is 9. The molecule has 238 valence electrons. The second-order valence-corrected chi connectivity index (χ2v) is 13.8. The number of fused-ring (bicyclic) bond motifs is 1. The molecule has 1 heterocycles. The van der Waals surface area contributed by atoms with Crippen molar-refractivity contribution in [2.75, 3.05) is 0 Å². The van der Waals surface area contributed by atoms with Gasteiger partial charge in [-0.2, -0.15) is 27.0 Å². The van der Waals surface area contributed by atoms with E-state index < -0.39 is 97.4 Å². The molecule has 17 nitrogen and oxygen atoms in total. The zero-order valence-electron chi connectivity index (χ0n) is 24.7. The van der Waals surface area contributed by atoms with Crippen molar-refractivity contribution in [2.24, 2.45) is 15.2 Å². The molecule has 3 aromatic carbocycles. The predicted molar refractivity (Wildman–Crippen MR) is 152 cm³/mol. The quantitative estimate of drug-likeness (QED) is 0.0525. The summed E-state index contributed by atoms with van der Waals surface area (Å²) in [6, 6.07) is 5.64. The van der Waals surface area contributed by atoms with E-state index in [1.165, 1.54) is 0 Å². The maximum absolute atomic E-state index is 13.5. The molecule has 0 saturated heterocycles. The second-order valence-electron chi connectivity index (χ2n) is 8.78. The Bertz CT molecular complexity index is 2320. The molecule has 0 aliphatic carbocycles. The van der Waals surface area contributed by atoms with Gasteiger partial charge in [-0.25, -0.2) is 13.1 Å². The molecule has 0 bridgehead atoms. The van der Waals surface area contributed by atoms with E-state index >= 15 is 0 Å². The average Bonchev–Trinajstić information content (AvgIpc) is 2.93. The first-order chi connectivity index (χ1) is 20.8. The molecule has 0 atom stereocenters. The van der Waals surface area contributed by atoms with Gasteiger partial charge >= 0.3 is 88.7 Å². The normalized spacial score (nSPS) is 12.3. The van der Waals surface area contributed by atoms with Crippen LogP contribution in [-0.2, 0) is 36.9 Å². The van der Waals surface area contributed by atoms with Crippen LogP contribution in [0.1, 0.15) is 6.42 Å². The van der Waals surface area contributed by atoms with Crippen LogP contribution < -0.4 is 104 Å². The van der Waals surface area contributed by atoms with Crippen molar-refractivity contribution in [1.29, 1.82) is 0 Å². The summed E-state index contributed by atoms with van der Waals surface area (Å²) in [6.07, 6.45) is 0.490. The minimum Gasteiger partial charge on any atom is -0.870 e. The fourth-order valence-electron chi connectivity index (χ4n) is 3.73. The van der Waals surface area contributed by atoms with E-state index in [0.717, 1.165) is 35.1 Å². The Labute approximate surface area is 348 Å². The predicted octanol–water partition coefficient (Wildman–Crippen LogP) is -6.92. The van der Waals surface area contributed by atoms with E-state index in [1.807, 2.05) is 0 Å². The van der Waals surface area contributed by atoms with Gasteiger partial charge in [0, 0.05) is 11.9 Å². The van der Waals surface area contributed by atoms with Gasteiger partial charge in [0.05, 0.1) is 38.1 Å². The maximum Gasteiger partial charge on any atom is 1.00 e. The molecule has 0 fully saturated rings. The number of aromatic nitrogens is 2. The Morgan fingerprint density at radius 3 is 2.04 bits per heavy atom. The number of azo groups is 1. The van der Waals surface area contributed by atoms with E-state index in [1.54, 1.807) is 0 Å². The van der Waals surface area contributed by atoms with E-state index in [4.69, 9.17) is 23.2 Å². The zero-order valence-corrected chi connectivity index (χ0v) is 34.7. The average molecular weight is 788 g/mol. The maximum atomic E-state index is 13.5. The van der Waals surface area contributed by atoms with Crippen molar-refractivity contribution in [2.45, 2.75) is 27.7 Å². The standard InChI is InChI=1S/C23H17Cl2N5O12S3.3Na/c24-15-10-26-30(23(33)20(15)25)6-5-18(31)27-16-9-14(44(37,38)39)7-11-8-17(45(40,41)42)21(22(32)19(11)16)29-28-12-1-3-13(4-2-12)43(34,35)36;;;/h1-4,7-10,32H,5-6H2,(H,27,31)(H,34,35,36)(H,37,38,39)(H,40,41,42);;;/q;3*+1/p-3. The molecule has 2 N–H and O–H groups in total. The molecular weight excluding hydrogens is 774 g/mol. The molecule has 4 rings (SSSR count). The third-order valence-electron chi connectivity index (χ3n) is 5.78. The third kappa shape index (κ3) is 10.7. The number of nitrogens with zero attached hydrogens (tertiary/aromatic N) is 5. The molecule has 0 spiro atoms. The number of hydrogen-bond donors (Lipinski definition) is 2. The van der Waals surface area contributed by atoms with Crippen LogP contribution in [0.3, 0.4) is 0 Å². The molecule has 0 saturated carbocycles. The Balaban J connectivity index is 0.00000384. The fourth-order valence-corrected chi connectivity index (χ4v) is 5.67. The van der Waals surface area contributed by atoms with Crippen LogP contribution in [0.5, 0.6) is 5.75 Å². The number of aryl methyl sites for hydroxylation is 1. The first kappa shape index (κ1) is 45.0. The number of aliphatic imine (C=N–C) groups is 1. The second kappa shape index (κ2) is 17.5. The Kier molecular flexibility index (Phi) is 16.4. The summed E-state index contributed by atoms with van der Waals surface area (Å²) in [7, 11) is -15.1. The van der Waals surface area contributed by atoms with Crippen molar-refractivity contribution < 1.29 is 138 Å². The molecule has 1 aromatic heterocycles. The summed E-state index contributed by atoms with van der Waals surface area (Å²) >= 11 is 11.5. The Morgan fingerprint density at radius 2 is 1.50 bits per heavy atom. The van der Waals surface area contributed by atoms with Gasteiger partial charge in [-0.05, 0) is 60.2 Å². The van der Waals surface area contributed by atoms with Gasteiger partial charge in [0.25, 0.3) is 25.8 Å². The van der Waals surface area contributed by atoms with Crippen LogP contribution >= 0.6 is 23.2 Å². The molecule has 25 heteroatoms. The molecule has 48 heavy (non-hydrogen) atoms. The number of benzene rings is 3. The van der Waals surface area contributed by atoms with Gasteiger partial charge in [-0.3, -0.25) is 18.9 Å². The van der Waals surface area contributed by atoms with Gasteiger partial charge in [0.15, 0.2) is 0 Å². The first-order valence-corrected chi connectivity index (χ1v) is 16.7. The number of hydrogen-bond acceptors (Lipinski definition) is 14. The molecule has 0 amide bonds. The van der Waals surface area contributed by atoms with E-state index in [-0.39, 0.29) is 104 Å².